The number of nitrogens with one attached hydrogen (secondary N) is 1. The molecule has 0 aromatic heterocycles. The van der Waals surface area contributed by atoms with Gasteiger partial charge in [-0.2, -0.15) is 0 Å². The predicted molar refractivity (Wildman–Crippen MR) is 120 cm³/mol. The van der Waals surface area contributed by atoms with Gasteiger partial charge in [0.05, 0.1) is 11.9 Å². The van der Waals surface area contributed by atoms with Crippen molar-refractivity contribution in [2.75, 3.05) is 30.9 Å². The van der Waals surface area contributed by atoms with Crippen molar-refractivity contribution in [2.24, 2.45) is 0 Å². The second-order valence-electron chi connectivity index (χ2n) is 7.25. The molecule has 0 unspecified atom stereocenters. The molecule has 2 aromatic rings. The molecule has 32 heavy (non-hydrogen) atoms. The molecule has 2 aromatic carbocycles. The number of benzene rings is 2. The van der Waals surface area contributed by atoms with Gasteiger partial charge in [0.25, 0.3) is 0 Å². The number of amides is 2. The van der Waals surface area contributed by atoms with Crippen LogP contribution in [0.25, 0.3) is 0 Å². The summed E-state index contributed by atoms with van der Waals surface area (Å²) in [6.45, 7) is 1.19. The van der Waals surface area contributed by atoms with Crippen molar-refractivity contribution in [2.45, 2.75) is 19.5 Å². The third kappa shape index (κ3) is 5.43. The maximum atomic E-state index is 13.3. The van der Waals surface area contributed by atoms with E-state index in [4.69, 9.17) is 21.1 Å². The topological polar surface area (TPSA) is 105 Å². The van der Waals surface area contributed by atoms with Gasteiger partial charge in [-0.05, 0) is 36.8 Å². The van der Waals surface area contributed by atoms with Gasteiger partial charge in [-0.1, -0.05) is 23.7 Å². The van der Waals surface area contributed by atoms with Gasteiger partial charge in [-0.25, -0.2) is 8.42 Å². The van der Waals surface area contributed by atoms with E-state index in [-0.39, 0.29) is 24.9 Å². The molecule has 0 spiro atoms. The number of hydrogen-bond acceptors (Lipinski definition) is 6. The fourth-order valence-electron chi connectivity index (χ4n) is 3.28. The fourth-order valence-corrected chi connectivity index (χ4v) is 4.33. The minimum Gasteiger partial charge on any atom is -0.454 e. The average Bonchev–Trinajstić information content (AvgIpc) is 3.21. The zero-order valence-corrected chi connectivity index (χ0v) is 19.4. The molecule has 0 saturated heterocycles. The number of hydrogen-bond donors (Lipinski definition) is 1. The smallest absolute Gasteiger partial charge is 0.244 e. The predicted octanol–water partition coefficient (Wildman–Crippen LogP) is 2.00. The summed E-state index contributed by atoms with van der Waals surface area (Å²) in [6.07, 6.45) is 1.01. The highest BCUT2D eigenvalue weighted by Gasteiger charge is 2.30. The minimum absolute atomic E-state index is 0.0354. The number of carbonyl (C=O) groups is 2. The molecule has 0 fully saturated rings. The summed E-state index contributed by atoms with van der Waals surface area (Å²) in [5, 5.41) is 3.01. The Morgan fingerprint density at radius 2 is 1.88 bits per heavy atom. The van der Waals surface area contributed by atoms with E-state index in [2.05, 4.69) is 5.32 Å². The van der Waals surface area contributed by atoms with Crippen LogP contribution in [-0.4, -0.2) is 57.8 Å². The summed E-state index contributed by atoms with van der Waals surface area (Å²) in [5.41, 5.74) is 0.955. The van der Waals surface area contributed by atoms with E-state index < -0.39 is 28.5 Å². The molecule has 3 rings (SSSR count). The third-order valence-electron chi connectivity index (χ3n) is 4.98. The van der Waals surface area contributed by atoms with Gasteiger partial charge in [-0.15, -0.1) is 0 Å². The average molecular weight is 482 g/mol. The molecule has 0 saturated carbocycles. The van der Waals surface area contributed by atoms with Gasteiger partial charge >= 0.3 is 0 Å². The lowest BCUT2D eigenvalue weighted by atomic mass is 10.1. The van der Waals surface area contributed by atoms with Crippen LogP contribution in [0.5, 0.6) is 11.5 Å². The number of halogens is 1. The van der Waals surface area contributed by atoms with Crippen LogP contribution in [0.4, 0.5) is 5.69 Å². The largest absolute Gasteiger partial charge is 0.454 e. The lowest BCUT2D eigenvalue weighted by Crippen LogP contribution is -2.50. The molecule has 2 amide bonds. The van der Waals surface area contributed by atoms with E-state index in [9.17, 15) is 18.0 Å². The molecule has 172 valence electrons. The minimum atomic E-state index is -3.83. The van der Waals surface area contributed by atoms with Crippen LogP contribution < -0.4 is 19.1 Å². The van der Waals surface area contributed by atoms with Gasteiger partial charge in [0.15, 0.2) is 11.5 Å². The highest BCUT2D eigenvalue weighted by molar-refractivity contribution is 7.92. The molecule has 0 bridgehead atoms. The first-order chi connectivity index (χ1) is 15.1. The van der Waals surface area contributed by atoms with Crippen LogP contribution in [0.2, 0.25) is 5.02 Å². The monoisotopic (exact) mass is 481 g/mol. The van der Waals surface area contributed by atoms with E-state index in [1.54, 1.807) is 37.3 Å². The SMILES string of the molecule is CNC(=O)[C@H](C)N(Cc1cccc(Cl)c1)C(=O)CN(c1ccc2c(c1)OCO2)S(C)(=O)=O. The van der Waals surface area contributed by atoms with Crippen molar-refractivity contribution in [3.63, 3.8) is 0 Å². The van der Waals surface area contributed by atoms with Crippen LogP contribution in [0.15, 0.2) is 42.5 Å². The Labute approximate surface area is 191 Å². The van der Waals surface area contributed by atoms with Crippen molar-refractivity contribution in [1.29, 1.82) is 0 Å². The molecule has 0 radical (unpaired) electrons. The van der Waals surface area contributed by atoms with Crippen molar-refractivity contribution < 1.29 is 27.5 Å². The van der Waals surface area contributed by atoms with Crippen LogP contribution in [0, 0.1) is 0 Å². The van der Waals surface area contributed by atoms with E-state index in [0.29, 0.717) is 22.1 Å². The Morgan fingerprint density at radius 3 is 2.53 bits per heavy atom. The number of anilines is 1. The van der Waals surface area contributed by atoms with Crippen molar-refractivity contribution in [3.8, 4) is 11.5 Å². The quantitative estimate of drug-likeness (QED) is 0.618. The van der Waals surface area contributed by atoms with E-state index in [1.165, 1.54) is 24.1 Å². The lowest BCUT2D eigenvalue weighted by molar-refractivity contribution is -0.139. The maximum absolute atomic E-state index is 13.3. The molecule has 1 N–H and O–H groups in total. The third-order valence-corrected chi connectivity index (χ3v) is 6.35. The molecule has 1 atom stereocenters. The number of carbonyl (C=O) groups excluding carboxylic acids is 2. The first-order valence-electron chi connectivity index (χ1n) is 9.73. The number of rotatable bonds is 8. The normalized spacial score (nSPS) is 13.4. The van der Waals surface area contributed by atoms with E-state index in [1.807, 2.05) is 0 Å². The Balaban J connectivity index is 1.91. The van der Waals surface area contributed by atoms with Crippen molar-refractivity contribution >= 4 is 39.1 Å². The zero-order valence-electron chi connectivity index (χ0n) is 17.9. The first-order valence-corrected chi connectivity index (χ1v) is 12.0. The summed E-state index contributed by atoms with van der Waals surface area (Å²) in [4.78, 5) is 26.9. The summed E-state index contributed by atoms with van der Waals surface area (Å²) >= 11 is 6.06. The van der Waals surface area contributed by atoms with Gasteiger partial charge in [0.2, 0.25) is 28.6 Å². The number of ether oxygens (including phenoxy) is 2. The van der Waals surface area contributed by atoms with Crippen LogP contribution in [0.3, 0.4) is 0 Å². The van der Waals surface area contributed by atoms with Crippen LogP contribution in [0.1, 0.15) is 12.5 Å². The first kappa shape index (κ1) is 23.7. The zero-order chi connectivity index (χ0) is 23.5. The number of sulfonamides is 1. The summed E-state index contributed by atoms with van der Waals surface area (Å²) in [5.74, 6) is -0.0546. The Bertz CT molecular complexity index is 1120. The number of fused-ring (bicyclic) bond motifs is 1. The van der Waals surface area contributed by atoms with Gasteiger partial charge in [0, 0.05) is 24.7 Å². The standard InChI is InChI=1S/C21H24ClN3O6S/c1-14(21(27)23-2)24(11-15-5-4-6-16(22)9-15)20(26)12-25(32(3,28)29)17-7-8-18-19(10-17)31-13-30-18/h4-10,14H,11-13H2,1-3H3,(H,23,27)/t14-/m0/s1. The van der Waals surface area contributed by atoms with Crippen LogP contribution >= 0.6 is 11.6 Å². The summed E-state index contributed by atoms with van der Waals surface area (Å²) in [6, 6.07) is 10.7. The van der Waals surface area contributed by atoms with Crippen LogP contribution in [-0.2, 0) is 26.2 Å². The van der Waals surface area contributed by atoms with Gasteiger partial charge < -0.3 is 19.7 Å². The van der Waals surface area contributed by atoms with E-state index in [0.717, 1.165) is 10.6 Å². The maximum Gasteiger partial charge on any atom is 0.244 e. The number of likely N-dealkylation sites (N-methyl/N-ethyl adjacent to an activating group) is 1. The second-order valence-corrected chi connectivity index (χ2v) is 9.59. The summed E-state index contributed by atoms with van der Waals surface area (Å²) in [7, 11) is -2.36. The molecule has 1 aliphatic rings. The molecule has 0 aliphatic carbocycles. The summed E-state index contributed by atoms with van der Waals surface area (Å²) < 4.78 is 36.6. The van der Waals surface area contributed by atoms with E-state index >= 15 is 0 Å². The molecule has 1 aliphatic heterocycles. The molecule has 1 heterocycles. The molecular formula is C21H24ClN3O6S. The van der Waals surface area contributed by atoms with Crippen molar-refractivity contribution in [1.82, 2.24) is 10.2 Å². The van der Waals surface area contributed by atoms with Gasteiger partial charge in [-0.3, -0.25) is 13.9 Å². The molecular weight excluding hydrogens is 458 g/mol. The molecule has 11 heteroatoms. The molecule has 9 nitrogen and oxygen atoms in total. The number of nitrogens with zero attached hydrogens (tertiary/aromatic N) is 2. The second kappa shape index (κ2) is 9.66. The highest BCUT2D eigenvalue weighted by atomic mass is 35.5. The highest BCUT2D eigenvalue weighted by Crippen LogP contribution is 2.36. The lowest BCUT2D eigenvalue weighted by Gasteiger charge is -2.31. The van der Waals surface area contributed by atoms with Crippen molar-refractivity contribution in [3.05, 3.63) is 53.1 Å². The Kier molecular flexibility index (Phi) is 7.15. The Morgan fingerprint density at radius 1 is 1.16 bits per heavy atom. The Hall–Kier alpha value is -2.98. The van der Waals surface area contributed by atoms with Gasteiger partial charge in [0.1, 0.15) is 12.6 Å². The fraction of sp³-hybridized carbons (Fsp3) is 0.333.